The molecule has 0 bridgehead atoms. The number of hydrazine groups is 1. The van der Waals surface area contributed by atoms with E-state index < -0.39 is 33.5 Å². The minimum atomic E-state index is -4.44. The van der Waals surface area contributed by atoms with Gasteiger partial charge in [0.25, 0.3) is 0 Å². The van der Waals surface area contributed by atoms with Crippen LogP contribution in [0, 0.1) is 0 Å². The molecule has 0 aliphatic carbocycles. The van der Waals surface area contributed by atoms with E-state index in [-0.39, 0.29) is 6.03 Å². The molecule has 2 fully saturated rings. The minimum Gasteiger partial charge on any atom is -0.393 e. The monoisotopic (exact) mass is 546 g/mol. The number of sulfonamides is 1. The van der Waals surface area contributed by atoms with Crippen LogP contribution in [0.1, 0.15) is 30.9 Å². The quantitative estimate of drug-likeness (QED) is 0.514. The van der Waals surface area contributed by atoms with E-state index in [1.165, 1.54) is 23.3 Å². The van der Waals surface area contributed by atoms with Gasteiger partial charge >= 0.3 is 12.2 Å². The lowest BCUT2D eigenvalue weighted by Gasteiger charge is -2.38. The number of amides is 2. The molecule has 206 valence electrons. The van der Waals surface area contributed by atoms with Gasteiger partial charge < -0.3 is 14.9 Å². The summed E-state index contributed by atoms with van der Waals surface area (Å²) in [4.78, 5) is 18.6. The van der Waals surface area contributed by atoms with E-state index in [2.05, 4.69) is 15.0 Å². The number of hydrogen-bond donors (Lipinski definition) is 3. The number of alkyl halides is 3. The van der Waals surface area contributed by atoms with Crippen LogP contribution in [-0.4, -0.2) is 91.7 Å². The van der Waals surface area contributed by atoms with Crippen molar-refractivity contribution >= 4 is 21.7 Å². The molecular weight excluding hydrogens is 513 g/mol. The lowest BCUT2D eigenvalue weighted by molar-refractivity contribution is -0.137. The van der Waals surface area contributed by atoms with Crippen molar-refractivity contribution in [3.63, 3.8) is 0 Å². The van der Waals surface area contributed by atoms with Crippen molar-refractivity contribution in [2.45, 2.75) is 44.3 Å². The first kappa shape index (κ1) is 27.6. The summed E-state index contributed by atoms with van der Waals surface area (Å²) in [7, 11) is -3.50. The van der Waals surface area contributed by atoms with Crippen molar-refractivity contribution < 1.29 is 31.5 Å². The van der Waals surface area contributed by atoms with E-state index in [9.17, 15) is 31.5 Å². The van der Waals surface area contributed by atoms with Crippen molar-refractivity contribution in [3.8, 4) is 0 Å². The topological polar surface area (TPSA) is 108 Å². The standard InChI is InChI=1S/C23H33F3N6O4S/c1-22(28-37(2,35)36)7-10-32(27-22)21(34)31-13-11-29(12-14-31)16-17-3-4-18(23(24,25)26)15-20(17)30-8-5-19(33)6-9-30/h3-4,7,10,15,19,27-28,33H,5-6,8-9,11-14,16H2,1-2H3. The Morgan fingerprint density at radius 2 is 1.81 bits per heavy atom. The Morgan fingerprint density at radius 3 is 2.41 bits per heavy atom. The summed E-state index contributed by atoms with van der Waals surface area (Å²) in [5.41, 5.74) is 2.34. The molecule has 14 heteroatoms. The molecule has 1 aromatic carbocycles. The fraction of sp³-hybridized carbons (Fsp3) is 0.609. The zero-order valence-corrected chi connectivity index (χ0v) is 21.6. The zero-order chi connectivity index (χ0) is 27.0. The number of carbonyl (C=O) groups excluding carboxylic acids is 1. The number of anilines is 1. The van der Waals surface area contributed by atoms with Crippen LogP contribution >= 0.6 is 0 Å². The Morgan fingerprint density at radius 1 is 1.16 bits per heavy atom. The number of benzene rings is 1. The van der Waals surface area contributed by atoms with Crippen molar-refractivity contribution in [1.82, 2.24) is 25.0 Å². The normalized spacial score (nSPS) is 24.2. The fourth-order valence-electron chi connectivity index (χ4n) is 4.87. The van der Waals surface area contributed by atoms with Crippen molar-refractivity contribution in [1.29, 1.82) is 0 Å². The molecule has 1 atom stereocenters. The summed E-state index contributed by atoms with van der Waals surface area (Å²) in [6.07, 6.45) is 0.206. The molecule has 10 nitrogen and oxygen atoms in total. The molecule has 3 N–H and O–H groups in total. The van der Waals surface area contributed by atoms with Gasteiger partial charge in [0.2, 0.25) is 10.0 Å². The van der Waals surface area contributed by atoms with Gasteiger partial charge in [-0.15, -0.1) is 0 Å². The summed E-state index contributed by atoms with van der Waals surface area (Å²) >= 11 is 0. The van der Waals surface area contributed by atoms with Gasteiger partial charge in [0.15, 0.2) is 0 Å². The number of aliphatic hydroxyl groups excluding tert-OH is 1. The van der Waals surface area contributed by atoms with Gasteiger partial charge in [-0.1, -0.05) is 6.07 Å². The van der Waals surface area contributed by atoms with Gasteiger partial charge in [0.05, 0.1) is 17.9 Å². The van der Waals surface area contributed by atoms with Gasteiger partial charge in [-0.25, -0.2) is 23.6 Å². The Balaban J connectivity index is 1.38. The smallest absolute Gasteiger partial charge is 0.393 e. The van der Waals surface area contributed by atoms with Crippen LogP contribution in [0.4, 0.5) is 23.7 Å². The molecule has 3 aliphatic rings. The third-order valence-electron chi connectivity index (χ3n) is 6.77. The molecule has 3 aliphatic heterocycles. The Kier molecular flexibility index (Phi) is 7.77. The van der Waals surface area contributed by atoms with Crippen LogP contribution in [0.25, 0.3) is 0 Å². The van der Waals surface area contributed by atoms with Crippen LogP contribution in [0.5, 0.6) is 0 Å². The van der Waals surface area contributed by atoms with E-state index in [1.54, 1.807) is 17.9 Å². The Hall–Kier alpha value is -2.39. The maximum atomic E-state index is 13.4. The summed E-state index contributed by atoms with van der Waals surface area (Å²) in [5.74, 6) is 0. The maximum Gasteiger partial charge on any atom is 0.416 e. The fourth-order valence-corrected chi connectivity index (χ4v) is 5.75. The number of urea groups is 1. The van der Waals surface area contributed by atoms with E-state index in [4.69, 9.17) is 0 Å². The minimum absolute atomic E-state index is 0.322. The highest BCUT2D eigenvalue weighted by atomic mass is 32.2. The van der Waals surface area contributed by atoms with Gasteiger partial charge in [0, 0.05) is 57.7 Å². The highest BCUT2D eigenvalue weighted by Gasteiger charge is 2.36. The summed E-state index contributed by atoms with van der Waals surface area (Å²) in [5, 5.41) is 11.1. The third-order valence-corrected chi connectivity index (χ3v) is 7.56. The highest BCUT2D eigenvalue weighted by molar-refractivity contribution is 7.88. The van der Waals surface area contributed by atoms with Crippen LogP contribution in [0.15, 0.2) is 30.5 Å². The molecule has 4 rings (SSSR count). The molecule has 1 unspecified atom stereocenters. The van der Waals surface area contributed by atoms with Crippen LogP contribution in [0.2, 0.25) is 0 Å². The number of aliphatic hydroxyl groups is 1. The number of hydrogen-bond acceptors (Lipinski definition) is 7. The average Bonchev–Trinajstić information content (AvgIpc) is 3.19. The molecule has 0 saturated carbocycles. The van der Waals surface area contributed by atoms with Crippen LogP contribution in [0.3, 0.4) is 0 Å². The SMILES string of the molecule is CC1(NS(C)(=O)=O)C=CN(C(=O)N2CCN(Cc3ccc(C(F)(F)F)cc3N3CCC(O)CC3)CC2)N1. The van der Waals surface area contributed by atoms with E-state index in [0.717, 1.165) is 17.9 Å². The number of nitrogens with one attached hydrogen (secondary N) is 2. The second-order valence-corrected chi connectivity index (χ2v) is 11.7. The number of carbonyl (C=O) groups is 1. The average molecular weight is 547 g/mol. The molecule has 2 saturated heterocycles. The predicted molar refractivity (Wildman–Crippen MR) is 132 cm³/mol. The number of nitrogens with zero attached hydrogens (tertiary/aromatic N) is 4. The van der Waals surface area contributed by atoms with E-state index >= 15 is 0 Å². The van der Waals surface area contributed by atoms with Crippen molar-refractivity contribution in [2.75, 3.05) is 50.4 Å². The second-order valence-electron chi connectivity index (χ2n) is 9.98. The summed E-state index contributed by atoms with van der Waals surface area (Å²) in [6, 6.07) is 3.50. The van der Waals surface area contributed by atoms with Gasteiger partial charge in [-0.05, 0) is 43.5 Å². The van der Waals surface area contributed by atoms with Gasteiger partial charge in [-0.2, -0.15) is 17.9 Å². The highest BCUT2D eigenvalue weighted by Crippen LogP contribution is 2.35. The molecule has 37 heavy (non-hydrogen) atoms. The predicted octanol–water partition coefficient (Wildman–Crippen LogP) is 1.50. The largest absolute Gasteiger partial charge is 0.416 e. The van der Waals surface area contributed by atoms with Crippen LogP contribution < -0.4 is 15.0 Å². The lowest BCUT2D eigenvalue weighted by Crippen LogP contribution is -2.60. The summed E-state index contributed by atoms with van der Waals surface area (Å²) in [6.45, 7) is 4.89. The number of piperidine rings is 1. The number of piperazine rings is 1. The first-order valence-electron chi connectivity index (χ1n) is 12.1. The van der Waals surface area contributed by atoms with E-state index in [0.29, 0.717) is 64.3 Å². The van der Waals surface area contributed by atoms with Gasteiger partial charge in [0.1, 0.15) is 5.66 Å². The summed E-state index contributed by atoms with van der Waals surface area (Å²) < 4.78 is 65.8. The number of halogens is 3. The van der Waals surface area contributed by atoms with Gasteiger partial charge in [-0.3, -0.25) is 4.90 Å². The van der Waals surface area contributed by atoms with E-state index in [1.807, 2.05) is 4.90 Å². The van der Waals surface area contributed by atoms with Crippen LogP contribution in [-0.2, 0) is 22.7 Å². The Bertz CT molecular complexity index is 1130. The third kappa shape index (κ3) is 6.93. The zero-order valence-electron chi connectivity index (χ0n) is 20.8. The first-order chi connectivity index (χ1) is 17.2. The molecule has 0 radical (unpaired) electrons. The molecule has 1 aromatic rings. The second kappa shape index (κ2) is 10.4. The van der Waals surface area contributed by atoms with Crippen molar-refractivity contribution in [2.24, 2.45) is 0 Å². The molecule has 0 aromatic heterocycles. The Labute approximate surface area is 214 Å². The molecule has 3 heterocycles. The number of rotatable bonds is 5. The first-order valence-corrected chi connectivity index (χ1v) is 14.0. The molecule has 0 spiro atoms. The maximum absolute atomic E-state index is 13.4. The lowest BCUT2D eigenvalue weighted by atomic mass is 10.0. The van der Waals surface area contributed by atoms with Crippen molar-refractivity contribution in [3.05, 3.63) is 41.6 Å². The molecular formula is C23H33F3N6O4S. The molecule has 2 amide bonds.